The van der Waals surface area contributed by atoms with Crippen LogP contribution in [0.3, 0.4) is 0 Å². The van der Waals surface area contributed by atoms with E-state index >= 15 is 0 Å². The monoisotopic (exact) mass is 281 g/mol. The zero-order valence-electron chi connectivity index (χ0n) is 8.30. The summed E-state index contributed by atoms with van der Waals surface area (Å²) in [5.74, 6) is 0. The maximum atomic E-state index is 9.39. The maximum Gasteiger partial charge on any atom is 0.511 e. The number of ether oxygens (including phenoxy) is 1. The molecule has 0 spiro atoms. The van der Waals surface area contributed by atoms with E-state index in [-0.39, 0.29) is 32.7 Å². The van der Waals surface area contributed by atoms with Crippen LogP contribution in [0, 0.1) is 19.6 Å². The predicted molar refractivity (Wildman–Crippen MR) is 50.6 cm³/mol. The molecule has 0 saturated heterocycles. The van der Waals surface area contributed by atoms with Gasteiger partial charge in [0.2, 0.25) is 0 Å². The Hall–Kier alpha value is -0.916. The third-order valence-corrected chi connectivity index (χ3v) is 1.14. The van der Waals surface area contributed by atoms with Crippen LogP contribution in [0.15, 0.2) is 24.3 Å². The molecule has 5 heteroatoms. The quantitative estimate of drug-likeness (QED) is 0.635. The third-order valence-electron chi connectivity index (χ3n) is 1.14. The van der Waals surface area contributed by atoms with E-state index < -0.39 is 12.9 Å². The van der Waals surface area contributed by atoms with E-state index in [4.69, 9.17) is 11.7 Å². The second kappa shape index (κ2) is 11.2. The van der Waals surface area contributed by atoms with Crippen LogP contribution in [-0.4, -0.2) is 18.0 Å². The van der Waals surface area contributed by atoms with Crippen molar-refractivity contribution in [2.45, 2.75) is 6.92 Å². The second-order valence-corrected chi connectivity index (χ2v) is 2.27. The van der Waals surface area contributed by atoms with Gasteiger partial charge in [-0.2, -0.15) is 35.9 Å². The Bertz CT molecular complexity index is 308. The van der Waals surface area contributed by atoms with Gasteiger partial charge in [0.05, 0.1) is 0 Å². The molecule has 0 aliphatic carbocycles. The molecule has 0 unspecified atom stereocenters. The molecule has 0 saturated carbocycles. The van der Waals surface area contributed by atoms with E-state index in [1.807, 2.05) is 24.3 Å². The van der Waals surface area contributed by atoms with Gasteiger partial charge in [-0.15, -0.1) is 0 Å². The summed E-state index contributed by atoms with van der Waals surface area (Å²) < 4.78 is 3.75. The van der Waals surface area contributed by atoms with Crippen molar-refractivity contribution in [3.63, 3.8) is 0 Å². The Kier molecular flexibility index (Phi) is 12.3. The van der Waals surface area contributed by atoms with Gasteiger partial charge in [0, 0.05) is 32.7 Å². The molecule has 1 rings (SSSR count). The molecule has 0 aromatic heterocycles. The summed E-state index contributed by atoms with van der Waals surface area (Å²) in [6, 6.07) is 10.8. The second-order valence-electron chi connectivity index (χ2n) is 2.27. The molecule has 4 nitrogen and oxygen atoms in total. The fraction of sp³-hybridized carbons (Fsp3) is 0.200. The zero-order chi connectivity index (χ0) is 10.8. The first-order chi connectivity index (χ1) is 6.66. The molecule has 0 amide bonds. The Morgan fingerprint density at radius 2 is 2.13 bits per heavy atom. The molecule has 0 aliphatic heterocycles. The van der Waals surface area contributed by atoms with Gasteiger partial charge in [0.25, 0.3) is 0 Å². The summed E-state index contributed by atoms with van der Waals surface area (Å²) in [7, 11) is 0. The molecule has 1 aromatic carbocycles. The number of aryl methyl sites for hydroxylation is 1. The number of benzene rings is 1. The van der Waals surface area contributed by atoms with Crippen LogP contribution in [0.2, 0.25) is 0 Å². The zero-order valence-corrected chi connectivity index (χ0v) is 11.1. The fourth-order valence-corrected chi connectivity index (χ4v) is 0.558. The van der Waals surface area contributed by atoms with E-state index in [0.717, 1.165) is 0 Å². The summed E-state index contributed by atoms with van der Waals surface area (Å²) >= 11 is 0. The summed E-state index contributed by atoms with van der Waals surface area (Å²) in [5.41, 5.74) is 1.29. The number of carbonyl (C=O) groups is 1. The van der Waals surface area contributed by atoms with Gasteiger partial charge in [-0.3, -0.25) is 4.85 Å². The molecule has 0 bridgehead atoms. The first-order valence-corrected chi connectivity index (χ1v) is 3.78. The smallest absolute Gasteiger partial charge is 0.450 e. The molecular weight excluding hydrogens is 271 g/mol. The molecule has 77 valence electrons. The summed E-state index contributed by atoms with van der Waals surface area (Å²) in [5, 5.41) is 7.68. The van der Waals surface area contributed by atoms with Crippen LogP contribution >= 0.6 is 0 Å². The molecule has 1 aromatic rings. The van der Waals surface area contributed by atoms with Crippen molar-refractivity contribution in [1.29, 1.82) is 0 Å². The van der Waals surface area contributed by atoms with Crippen molar-refractivity contribution in [3.8, 4) is 0 Å². The van der Waals surface area contributed by atoms with E-state index in [0.29, 0.717) is 0 Å². The maximum absolute atomic E-state index is 9.39. The van der Waals surface area contributed by atoms with E-state index in [1.165, 1.54) is 5.56 Å². The van der Waals surface area contributed by atoms with Crippen LogP contribution in [0.5, 0.6) is 0 Å². The molecule has 0 atom stereocenters. The van der Waals surface area contributed by atoms with Crippen LogP contribution < -0.4 is 0 Å². The van der Waals surface area contributed by atoms with Gasteiger partial charge < -0.3 is 9.84 Å². The predicted octanol–water partition coefficient (Wildman–Crippen LogP) is 2.35. The van der Waals surface area contributed by atoms with Crippen molar-refractivity contribution in [2.75, 3.05) is 6.73 Å². The molecule has 1 N–H and O–H groups in total. The molecule has 0 fully saturated rings. The first-order valence-electron chi connectivity index (χ1n) is 3.78. The summed E-state index contributed by atoms with van der Waals surface area (Å²) in [6.07, 6.45) is -1.41. The molecule has 0 heterocycles. The van der Waals surface area contributed by atoms with E-state index in [1.54, 1.807) is 0 Å². The van der Waals surface area contributed by atoms with Gasteiger partial charge >= 0.3 is 12.9 Å². The minimum Gasteiger partial charge on any atom is -0.450 e. The number of hydrogen-bond donors (Lipinski definition) is 1. The summed E-state index contributed by atoms with van der Waals surface area (Å²) in [4.78, 5) is 12.0. The van der Waals surface area contributed by atoms with Crippen LogP contribution in [0.25, 0.3) is 4.85 Å². The number of nitrogens with zero attached hydrogens (tertiary/aromatic N) is 1. The first kappa shape index (κ1) is 16.5. The Morgan fingerprint density at radius 1 is 1.60 bits per heavy atom. The van der Waals surface area contributed by atoms with Gasteiger partial charge in [-0.1, -0.05) is 6.92 Å². The molecule has 1 radical (unpaired) electrons. The standard InChI is InChI=1S/C7H7.C3H3NO3.Y/c1-7-5-3-2-4-6-7;1-4-2-7-3(5)6;/h3-6H,1H3;2H2,(H,5,6);/q-1;;. The Morgan fingerprint density at radius 3 is 2.33 bits per heavy atom. The Balaban J connectivity index is 0. The molecular formula is C10H10NO3Y-. The Labute approximate surface area is 114 Å². The average molecular weight is 281 g/mol. The minimum absolute atomic E-state index is 0. The topological polar surface area (TPSA) is 50.9 Å². The van der Waals surface area contributed by atoms with Crippen molar-refractivity contribution in [3.05, 3.63) is 47.3 Å². The van der Waals surface area contributed by atoms with Crippen LogP contribution in [0.4, 0.5) is 4.79 Å². The number of rotatable bonds is 1. The van der Waals surface area contributed by atoms with Crippen molar-refractivity contribution >= 4 is 6.16 Å². The van der Waals surface area contributed by atoms with Crippen molar-refractivity contribution < 1.29 is 47.3 Å². The molecule has 0 aliphatic rings. The molecule has 15 heavy (non-hydrogen) atoms. The normalized spacial score (nSPS) is 7.20. The largest absolute Gasteiger partial charge is 0.511 e. The fourth-order valence-electron chi connectivity index (χ4n) is 0.558. The number of hydrogen-bond acceptors (Lipinski definition) is 2. The van der Waals surface area contributed by atoms with Crippen molar-refractivity contribution in [2.24, 2.45) is 0 Å². The minimum atomic E-state index is -1.41. The SMILES string of the molecule is Cc1cc[c-]cc1.[C-]#[N+]COC(=O)O.[Y]. The van der Waals surface area contributed by atoms with E-state index in [2.05, 4.69) is 22.6 Å². The van der Waals surface area contributed by atoms with E-state index in [9.17, 15) is 4.79 Å². The van der Waals surface area contributed by atoms with Crippen LogP contribution in [-0.2, 0) is 37.4 Å². The third kappa shape index (κ3) is 13.1. The van der Waals surface area contributed by atoms with Gasteiger partial charge in [-0.05, 0) is 0 Å². The average Bonchev–Trinajstić information content (AvgIpc) is 2.17. The van der Waals surface area contributed by atoms with Crippen LogP contribution in [0.1, 0.15) is 5.56 Å². The summed E-state index contributed by atoms with van der Waals surface area (Å²) in [6.45, 7) is 7.69. The van der Waals surface area contributed by atoms with Gasteiger partial charge in [-0.25, -0.2) is 11.4 Å². The number of carboxylic acid groups (broad SMARTS) is 1. The van der Waals surface area contributed by atoms with Gasteiger partial charge in [0.15, 0.2) is 0 Å². The van der Waals surface area contributed by atoms with Crippen molar-refractivity contribution in [1.82, 2.24) is 0 Å². The van der Waals surface area contributed by atoms with Gasteiger partial charge in [0.1, 0.15) is 0 Å².